The number of halogens is 1. The molecule has 6 rings (SSSR count). The number of hydrogen-bond acceptors (Lipinski definition) is 4. The van der Waals surface area contributed by atoms with Crippen LogP contribution in [0.15, 0.2) is 77.3 Å². The van der Waals surface area contributed by atoms with Crippen LogP contribution < -0.4 is 5.56 Å². The Bertz CT molecular complexity index is 1470. The van der Waals surface area contributed by atoms with Gasteiger partial charge in [0.2, 0.25) is 0 Å². The molecule has 4 aromatic heterocycles. The molecule has 1 aromatic carbocycles. The van der Waals surface area contributed by atoms with Crippen molar-refractivity contribution in [2.75, 3.05) is 0 Å². The lowest BCUT2D eigenvalue weighted by atomic mass is 10.1. The number of aromatic nitrogens is 3. The molecule has 0 unspecified atom stereocenters. The topological polar surface area (TPSA) is 47.8 Å². The van der Waals surface area contributed by atoms with E-state index >= 15 is 0 Å². The summed E-state index contributed by atoms with van der Waals surface area (Å²) < 4.78 is 16.9. The van der Waals surface area contributed by atoms with Crippen LogP contribution in [0.1, 0.15) is 24.1 Å². The Kier molecular flexibility index (Phi) is 3.83. The molecule has 6 heteroatoms. The van der Waals surface area contributed by atoms with Crippen molar-refractivity contribution in [3.63, 3.8) is 0 Å². The van der Waals surface area contributed by atoms with E-state index in [4.69, 9.17) is 4.98 Å². The smallest absolute Gasteiger partial charge is 0.260 e. The van der Waals surface area contributed by atoms with Gasteiger partial charge < -0.3 is 4.57 Å². The highest BCUT2D eigenvalue weighted by Crippen LogP contribution is 2.50. The van der Waals surface area contributed by atoms with E-state index in [9.17, 15) is 9.18 Å². The van der Waals surface area contributed by atoms with Gasteiger partial charge in [0.05, 0.1) is 15.6 Å². The van der Waals surface area contributed by atoms with Crippen LogP contribution in [-0.4, -0.2) is 14.5 Å². The average Bonchev–Trinajstić information content (AvgIpc) is 3.45. The van der Waals surface area contributed by atoms with Crippen LogP contribution in [0.2, 0.25) is 0 Å². The Morgan fingerprint density at radius 3 is 2.77 bits per heavy atom. The molecule has 0 bridgehead atoms. The maximum atomic E-state index is 14.9. The number of para-hydroxylation sites is 1. The first-order valence-corrected chi connectivity index (χ1v) is 10.7. The fraction of sp³-hybridized carbons (Fsp3) is 0.125. The van der Waals surface area contributed by atoms with Crippen LogP contribution in [-0.2, 0) is 0 Å². The first-order valence-electron chi connectivity index (χ1n) is 9.78. The molecule has 0 amide bonds. The SMILES string of the molecule is O=c1c2c(-c3ccncc3)csc2c(F)cn1[C@@H]1C[C@H]1c1ccc2ccccc2n1. The van der Waals surface area contributed by atoms with Crippen LogP contribution in [0.3, 0.4) is 0 Å². The van der Waals surface area contributed by atoms with Crippen LogP contribution in [0.4, 0.5) is 4.39 Å². The highest BCUT2D eigenvalue weighted by molar-refractivity contribution is 7.17. The summed E-state index contributed by atoms with van der Waals surface area (Å²) in [6.07, 6.45) is 5.51. The number of pyridine rings is 3. The molecule has 4 nitrogen and oxygen atoms in total. The second kappa shape index (κ2) is 6.57. The minimum atomic E-state index is -0.355. The van der Waals surface area contributed by atoms with Crippen LogP contribution in [0, 0.1) is 5.82 Å². The predicted octanol–water partition coefficient (Wildman–Crippen LogP) is 5.54. The normalized spacial score (nSPS) is 18.2. The number of fused-ring (bicyclic) bond motifs is 2. The molecule has 1 fully saturated rings. The molecule has 0 radical (unpaired) electrons. The molecule has 0 N–H and O–H groups in total. The third-order valence-corrected chi connectivity index (χ3v) is 6.80. The van der Waals surface area contributed by atoms with E-state index in [0.29, 0.717) is 10.1 Å². The molecular formula is C24H16FN3OS. The summed E-state index contributed by atoms with van der Waals surface area (Å²) in [5.74, 6) is -0.237. The van der Waals surface area contributed by atoms with Crippen molar-refractivity contribution in [3.8, 4) is 11.1 Å². The van der Waals surface area contributed by atoms with Gasteiger partial charge >= 0.3 is 0 Å². The van der Waals surface area contributed by atoms with E-state index in [0.717, 1.165) is 34.1 Å². The van der Waals surface area contributed by atoms with Crippen molar-refractivity contribution >= 4 is 32.3 Å². The van der Waals surface area contributed by atoms with Crippen molar-refractivity contribution in [2.45, 2.75) is 18.4 Å². The van der Waals surface area contributed by atoms with Gasteiger partial charge in [0.15, 0.2) is 5.82 Å². The van der Waals surface area contributed by atoms with Gasteiger partial charge in [0, 0.05) is 52.6 Å². The second-order valence-electron chi connectivity index (χ2n) is 7.62. The minimum absolute atomic E-state index is 0.0738. The second-order valence-corrected chi connectivity index (χ2v) is 8.50. The molecule has 1 saturated carbocycles. The zero-order valence-corrected chi connectivity index (χ0v) is 16.6. The van der Waals surface area contributed by atoms with Crippen molar-refractivity contribution < 1.29 is 4.39 Å². The molecule has 2 atom stereocenters. The standard InChI is InChI=1S/C24H16FN3OS/c25-18-12-28(21-11-16(21)20-6-5-15-3-1-2-4-19(15)27-20)24(29)22-17(13-30-23(18)22)14-7-9-26-10-8-14/h1-10,12-13,16,21H,11H2/t16-,21+/m0/s1. The van der Waals surface area contributed by atoms with Gasteiger partial charge in [-0.1, -0.05) is 24.3 Å². The first kappa shape index (κ1) is 17.5. The van der Waals surface area contributed by atoms with E-state index < -0.39 is 0 Å². The lowest BCUT2D eigenvalue weighted by Gasteiger charge is -2.08. The minimum Gasteiger partial charge on any atom is -0.308 e. The molecule has 146 valence electrons. The number of rotatable bonds is 3. The molecule has 5 aromatic rings. The molecule has 0 saturated heterocycles. The lowest BCUT2D eigenvalue weighted by Crippen LogP contribution is -2.20. The quantitative estimate of drug-likeness (QED) is 0.390. The third-order valence-electron chi connectivity index (χ3n) is 5.81. The summed E-state index contributed by atoms with van der Waals surface area (Å²) in [6, 6.07) is 15.7. The Hall–Kier alpha value is -3.38. The van der Waals surface area contributed by atoms with Gasteiger partial charge in [0.1, 0.15) is 0 Å². The fourth-order valence-electron chi connectivity index (χ4n) is 4.20. The lowest BCUT2D eigenvalue weighted by molar-refractivity contribution is 0.596. The Balaban J connectivity index is 1.44. The summed E-state index contributed by atoms with van der Waals surface area (Å²) in [4.78, 5) is 22.2. The number of hydrogen-bond donors (Lipinski definition) is 0. The Labute approximate surface area is 175 Å². The molecule has 0 aliphatic heterocycles. The van der Waals surface area contributed by atoms with Gasteiger partial charge in [-0.05, 0) is 36.2 Å². The van der Waals surface area contributed by atoms with Crippen LogP contribution >= 0.6 is 11.3 Å². The number of benzene rings is 1. The van der Waals surface area contributed by atoms with Crippen molar-refractivity contribution in [2.24, 2.45) is 0 Å². The summed E-state index contributed by atoms with van der Waals surface area (Å²) in [6.45, 7) is 0. The molecular weight excluding hydrogens is 397 g/mol. The maximum Gasteiger partial charge on any atom is 0.260 e. The molecule has 4 heterocycles. The Morgan fingerprint density at radius 1 is 1.07 bits per heavy atom. The molecule has 0 spiro atoms. The van der Waals surface area contributed by atoms with E-state index in [1.165, 1.54) is 17.5 Å². The van der Waals surface area contributed by atoms with Crippen molar-refractivity contribution in [1.82, 2.24) is 14.5 Å². The molecule has 30 heavy (non-hydrogen) atoms. The zero-order chi connectivity index (χ0) is 20.2. The predicted molar refractivity (Wildman–Crippen MR) is 117 cm³/mol. The van der Waals surface area contributed by atoms with Gasteiger partial charge in [-0.25, -0.2) is 4.39 Å². The third kappa shape index (κ3) is 2.68. The van der Waals surface area contributed by atoms with Gasteiger partial charge in [-0.15, -0.1) is 11.3 Å². The maximum absolute atomic E-state index is 14.9. The first-order chi connectivity index (χ1) is 14.7. The fourth-order valence-corrected chi connectivity index (χ4v) is 5.17. The number of thiophene rings is 1. The largest absolute Gasteiger partial charge is 0.308 e. The van der Waals surface area contributed by atoms with E-state index in [-0.39, 0.29) is 23.3 Å². The van der Waals surface area contributed by atoms with Crippen molar-refractivity contribution in [3.05, 3.63) is 94.4 Å². The summed E-state index contributed by atoms with van der Waals surface area (Å²) in [7, 11) is 0. The molecule has 1 aliphatic rings. The highest BCUT2D eigenvalue weighted by Gasteiger charge is 2.42. The Morgan fingerprint density at radius 2 is 1.90 bits per heavy atom. The monoisotopic (exact) mass is 413 g/mol. The summed E-state index contributed by atoms with van der Waals surface area (Å²) >= 11 is 1.27. The van der Waals surface area contributed by atoms with Crippen LogP contribution in [0.25, 0.3) is 32.1 Å². The van der Waals surface area contributed by atoms with E-state index in [2.05, 4.69) is 11.1 Å². The van der Waals surface area contributed by atoms with Gasteiger partial charge in [0.25, 0.3) is 5.56 Å². The van der Waals surface area contributed by atoms with Crippen molar-refractivity contribution in [1.29, 1.82) is 0 Å². The average molecular weight is 413 g/mol. The summed E-state index contributed by atoms with van der Waals surface area (Å²) in [5.41, 5.74) is 3.37. The van der Waals surface area contributed by atoms with Crippen LogP contribution in [0.5, 0.6) is 0 Å². The highest BCUT2D eigenvalue weighted by atomic mass is 32.1. The zero-order valence-electron chi connectivity index (χ0n) is 15.8. The van der Waals surface area contributed by atoms with E-state index in [1.54, 1.807) is 17.0 Å². The molecule has 1 aliphatic carbocycles. The van der Waals surface area contributed by atoms with Gasteiger partial charge in [-0.3, -0.25) is 14.8 Å². The van der Waals surface area contributed by atoms with E-state index in [1.807, 2.05) is 47.8 Å². The van der Waals surface area contributed by atoms with Gasteiger partial charge in [-0.2, -0.15) is 0 Å². The summed E-state index contributed by atoms with van der Waals surface area (Å²) in [5, 5.41) is 3.39. The number of nitrogens with zero attached hydrogens (tertiary/aromatic N) is 3.